The molecular weight excluding hydrogens is 320 g/mol. The summed E-state index contributed by atoms with van der Waals surface area (Å²) in [4.78, 5) is 35.8. The maximum Gasteiger partial charge on any atom is 0.308 e. The minimum Gasteiger partial charge on any atom is -0.479 e. The third-order valence-corrected chi connectivity index (χ3v) is 4.51. The Bertz CT molecular complexity index is 645. The second-order valence-corrected chi connectivity index (χ2v) is 6.37. The van der Waals surface area contributed by atoms with E-state index in [-0.39, 0.29) is 30.0 Å². The molecule has 0 amide bonds. The summed E-state index contributed by atoms with van der Waals surface area (Å²) in [6.45, 7) is 3.49. The summed E-state index contributed by atoms with van der Waals surface area (Å²) in [5.41, 5.74) is 1.00. The normalized spacial score (nSPS) is 24.3. The van der Waals surface area contributed by atoms with Crippen LogP contribution in [-0.4, -0.2) is 30.4 Å². The van der Waals surface area contributed by atoms with Gasteiger partial charge in [-0.3, -0.25) is 9.59 Å². The van der Waals surface area contributed by atoms with Crippen molar-refractivity contribution < 1.29 is 23.9 Å². The van der Waals surface area contributed by atoms with Crippen molar-refractivity contribution in [2.24, 2.45) is 11.8 Å². The number of carbonyl (C=O) groups is 2. The summed E-state index contributed by atoms with van der Waals surface area (Å²) in [5, 5.41) is 0. The summed E-state index contributed by atoms with van der Waals surface area (Å²) in [6.07, 6.45) is 0.918. The predicted molar refractivity (Wildman–Crippen MR) is 92.4 cm³/mol. The van der Waals surface area contributed by atoms with E-state index >= 15 is 0 Å². The van der Waals surface area contributed by atoms with E-state index in [1.54, 1.807) is 19.8 Å². The first-order valence-electron chi connectivity index (χ1n) is 8.69. The Morgan fingerprint density at radius 3 is 2.64 bits per heavy atom. The Morgan fingerprint density at radius 1 is 1.28 bits per heavy atom. The number of ether oxygens (including phenoxy) is 2. The lowest BCUT2D eigenvalue weighted by Crippen LogP contribution is -2.36. The fourth-order valence-electron chi connectivity index (χ4n) is 2.88. The molecule has 0 aliphatic carbocycles. The molecule has 0 N–H and O–H groups in total. The molecule has 25 heavy (non-hydrogen) atoms. The topological polar surface area (TPSA) is 69.7 Å². The van der Waals surface area contributed by atoms with Crippen molar-refractivity contribution >= 4 is 17.7 Å². The van der Waals surface area contributed by atoms with Gasteiger partial charge in [-0.25, -0.2) is 4.79 Å². The summed E-state index contributed by atoms with van der Waals surface area (Å²) in [5.74, 6) is 0.788. The SMILES string of the molecule is CCC(=C=O)OC1COC(=O)[C@@H](C)CCC(=O)[C@@H]1Cc1ccccc1. The number of carbonyl (C=O) groups excluding carboxylic acids is 3. The largest absolute Gasteiger partial charge is 0.479 e. The van der Waals surface area contributed by atoms with Gasteiger partial charge in [0.25, 0.3) is 0 Å². The predicted octanol–water partition coefficient (Wildman–Crippen LogP) is 2.90. The molecule has 0 aromatic heterocycles. The summed E-state index contributed by atoms with van der Waals surface area (Å²) < 4.78 is 11.0. The molecule has 134 valence electrons. The number of hydrogen-bond donors (Lipinski definition) is 0. The third kappa shape index (κ3) is 5.30. The van der Waals surface area contributed by atoms with Crippen molar-refractivity contribution in [2.45, 2.75) is 45.6 Å². The highest BCUT2D eigenvalue weighted by atomic mass is 16.6. The first kappa shape index (κ1) is 18.9. The maximum atomic E-state index is 12.8. The van der Waals surface area contributed by atoms with Gasteiger partial charge in [0.2, 0.25) is 0 Å². The van der Waals surface area contributed by atoms with Gasteiger partial charge in [-0.2, -0.15) is 0 Å². The van der Waals surface area contributed by atoms with Gasteiger partial charge in [-0.1, -0.05) is 44.2 Å². The molecule has 1 fully saturated rings. The Morgan fingerprint density at radius 2 is 2.00 bits per heavy atom. The van der Waals surface area contributed by atoms with Crippen LogP contribution in [0.15, 0.2) is 36.1 Å². The molecule has 1 aliphatic rings. The quantitative estimate of drug-likeness (QED) is 0.467. The Balaban J connectivity index is 2.29. The minimum atomic E-state index is -0.682. The van der Waals surface area contributed by atoms with Crippen molar-refractivity contribution in [1.29, 1.82) is 0 Å². The van der Waals surface area contributed by atoms with Crippen LogP contribution in [0.4, 0.5) is 0 Å². The molecule has 0 radical (unpaired) electrons. The number of allylic oxidation sites excluding steroid dienone is 1. The molecule has 0 bridgehead atoms. The Hall–Kier alpha value is -2.39. The molecule has 1 aliphatic heterocycles. The average Bonchev–Trinajstić information content (AvgIpc) is 2.68. The number of esters is 1. The van der Waals surface area contributed by atoms with E-state index < -0.39 is 12.0 Å². The zero-order valence-electron chi connectivity index (χ0n) is 14.7. The molecule has 5 heteroatoms. The van der Waals surface area contributed by atoms with Gasteiger partial charge in [0.15, 0.2) is 11.7 Å². The number of rotatable bonds is 5. The van der Waals surface area contributed by atoms with Crippen LogP contribution in [0.25, 0.3) is 0 Å². The number of cyclic esters (lactones) is 1. The van der Waals surface area contributed by atoms with Crippen molar-refractivity contribution in [3.05, 3.63) is 41.7 Å². The zero-order chi connectivity index (χ0) is 18.2. The van der Waals surface area contributed by atoms with E-state index in [0.29, 0.717) is 25.7 Å². The number of ketones is 1. The fraction of sp³-hybridized carbons (Fsp3) is 0.500. The number of Topliss-reactive ketones (excluding diaryl/α,β-unsaturated/α-hetero) is 1. The van der Waals surface area contributed by atoms with Gasteiger partial charge >= 0.3 is 5.97 Å². The molecule has 1 heterocycles. The molecule has 3 atom stereocenters. The molecule has 1 aromatic carbocycles. The van der Waals surface area contributed by atoms with E-state index in [9.17, 15) is 14.4 Å². The van der Waals surface area contributed by atoms with Crippen molar-refractivity contribution in [3.63, 3.8) is 0 Å². The molecule has 1 unspecified atom stereocenters. The van der Waals surface area contributed by atoms with Crippen molar-refractivity contribution in [1.82, 2.24) is 0 Å². The van der Waals surface area contributed by atoms with E-state index in [2.05, 4.69) is 0 Å². The van der Waals surface area contributed by atoms with Gasteiger partial charge in [0.1, 0.15) is 18.5 Å². The van der Waals surface area contributed by atoms with Crippen LogP contribution < -0.4 is 0 Å². The molecule has 5 nitrogen and oxygen atoms in total. The standard InChI is InChI=1S/C20H24O5/c1-3-16(12-21)25-19-13-24-20(23)14(2)9-10-18(22)17(19)11-15-7-5-4-6-8-15/h4-8,14,17,19H,3,9-11,13H2,1-2H3/t14-,17-,19?/m0/s1. The first-order valence-corrected chi connectivity index (χ1v) is 8.69. The van der Waals surface area contributed by atoms with Gasteiger partial charge in [0.05, 0.1) is 11.8 Å². The van der Waals surface area contributed by atoms with E-state index in [4.69, 9.17) is 9.47 Å². The lowest BCUT2D eigenvalue weighted by molar-refractivity contribution is -0.152. The van der Waals surface area contributed by atoms with Gasteiger partial charge in [-0.05, 0) is 18.4 Å². The van der Waals surface area contributed by atoms with Crippen LogP contribution in [-0.2, 0) is 30.3 Å². The van der Waals surface area contributed by atoms with Crippen LogP contribution in [0, 0.1) is 11.8 Å². The maximum absolute atomic E-state index is 12.8. The Labute approximate surface area is 148 Å². The number of hydrogen-bond acceptors (Lipinski definition) is 5. The van der Waals surface area contributed by atoms with E-state index in [1.807, 2.05) is 30.3 Å². The van der Waals surface area contributed by atoms with E-state index in [0.717, 1.165) is 5.56 Å². The smallest absolute Gasteiger partial charge is 0.308 e. The zero-order valence-corrected chi connectivity index (χ0v) is 14.7. The van der Waals surface area contributed by atoms with Crippen LogP contribution in [0.3, 0.4) is 0 Å². The van der Waals surface area contributed by atoms with Crippen LogP contribution >= 0.6 is 0 Å². The van der Waals surface area contributed by atoms with Gasteiger partial charge in [-0.15, -0.1) is 0 Å². The summed E-state index contributed by atoms with van der Waals surface area (Å²) in [6, 6.07) is 9.63. The highest BCUT2D eigenvalue weighted by molar-refractivity contribution is 5.83. The second-order valence-electron chi connectivity index (χ2n) is 6.37. The summed E-state index contributed by atoms with van der Waals surface area (Å²) >= 11 is 0. The lowest BCUT2D eigenvalue weighted by atomic mass is 9.87. The molecule has 2 rings (SSSR count). The number of benzene rings is 1. The van der Waals surface area contributed by atoms with Crippen LogP contribution in [0.1, 0.15) is 38.7 Å². The Kier molecular flexibility index (Phi) is 6.96. The highest BCUT2D eigenvalue weighted by Gasteiger charge is 2.34. The molecule has 1 aromatic rings. The molecule has 0 saturated carbocycles. The van der Waals surface area contributed by atoms with Crippen molar-refractivity contribution in [2.75, 3.05) is 6.61 Å². The molecule has 1 saturated heterocycles. The lowest BCUT2D eigenvalue weighted by Gasteiger charge is -2.26. The monoisotopic (exact) mass is 344 g/mol. The summed E-state index contributed by atoms with van der Waals surface area (Å²) in [7, 11) is 0. The molecular formula is C20H24O5. The highest BCUT2D eigenvalue weighted by Crippen LogP contribution is 2.25. The fourth-order valence-corrected chi connectivity index (χ4v) is 2.88. The second kappa shape index (κ2) is 9.19. The molecule has 0 spiro atoms. The van der Waals surface area contributed by atoms with Gasteiger partial charge < -0.3 is 9.47 Å². The first-order chi connectivity index (χ1) is 12.0. The van der Waals surface area contributed by atoms with Crippen molar-refractivity contribution in [3.8, 4) is 0 Å². The van der Waals surface area contributed by atoms with Crippen LogP contribution in [0.2, 0.25) is 0 Å². The van der Waals surface area contributed by atoms with E-state index in [1.165, 1.54) is 0 Å². The van der Waals surface area contributed by atoms with Gasteiger partial charge in [0, 0.05) is 12.8 Å². The van der Waals surface area contributed by atoms with Crippen LogP contribution in [0.5, 0.6) is 0 Å². The minimum absolute atomic E-state index is 0.0281. The average molecular weight is 344 g/mol. The third-order valence-electron chi connectivity index (χ3n) is 4.51.